The standard InChI is InChI=1S/C20H14F2N4O/c1-12-3-4-13-9-24-10-18(17(13)5-12)26-19(23-2)11-25(20(26)27)16-7-14(21)6-15(22)8-16/h3-10,19H,11H2,1H3. The van der Waals surface area contributed by atoms with E-state index in [4.69, 9.17) is 6.57 Å². The van der Waals surface area contributed by atoms with Gasteiger partial charge in [-0.2, -0.15) is 0 Å². The van der Waals surface area contributed by atoms with Crippen LogP contribution in [-0.2, 0) is 0 Å². The second kappa shape index (κ2) is 6.32. The molecule has 2 heterocycles. The number of pyridine rings is 1. The second-order valence-corrected chi connectivity index (χ2v) is 6.38. The molecule has 0 N–H and O–H groups in total. The molecule has 0 saturated carbocycles. The van der Waals surface area contributed by atoms with E-state index in [-0.39, 0.29) is 12.2 Å². The summed E-state index contributed by atoms with van der Waals surface area (Å²) in [6.07, 6.45) is 2.40. The van der Waals surface area contributed by atoms with Crippen molar-refractivity contribution in [2.45, 2.75) is 13.1 Å². The van der Waals surface area contributed by atoms with Crippen molar-refractivity contribution in [3.05, 3.63) is 77.4 Å². The van der Waals surface area contributed by atoms with Gasteiger partial charge >= 0.3 is 12.2 Å². The topological polar surface area (TPSA) is 40.8 Å². The number of aryl methyl sites for hydroxylation is 1. The van der Waals surface area contributed by atoms with Gasteiger partial charge in [0.05, 0.1) is 17.6 Å². The molecular formula is C20H14F2N4O. The van der Waals surface area contributed by atoms with Crippen LogP contribution < -0.4 is 9.80 Å². The molecule has 0 aliphatic carbocycles. The lowest BCUT2D eigenvalue weighted by Gasteiger charge is -2.19. The third kappa shape index (κ3) is 2.85. The summed E-state index contributed by atoms with van der Waals surface area (Å²) in [5.74, 6) is -1.56. The number of halogens is 2. The highest BCUT2D eigenvalue weighted by Gasteiger charge is 2.44. The van der Waals surface area contributed by atoms with Gasteiger partial charge in [0, 0.05) is 23.0 Å². The first kappa shape index (κ1) is 16.9. The Kier molecular flexibility index (Phi) is 3.96. The van der Waals surface area contributed by atoms with E-state index in [1.807, 2.05) is 25.1 Å². The molecule has 1 saturated heterocycles. The molecule has 4 rings (SSSR count). The molecule has 1 aliphatic rings. The van der Waals surface area contributed by atoms with Crippen LogP contribution in [0.5, 0.6) is 0 Å². The van der Waals surface area contributed by atoms with Crippen LogP contribution in [0.15, 0.2) is 48.8 Å². The van der Waals surface area contributed by atoms with Crippen molar-refractivity contribution >= 4 is 28.2 Å². The van der Waals surface area contributed by atoms with Crippen LogP contribution in [-0.4, -0.2) is 23.7 Å². The van der Waals surface area contributed by atoms with Crippen LogP contribution in [0, 0.1) is 25.1 Å². The monoisotopic (exact) mass is 364 g/mol. The maximum Gasteiger partial charge on any atom is 0.335 e. The molecule has 1 aromatic heterocycles. The number of hydrogen-bond acceptors (Lipinski definition) is 2. The zero-order chi connectivity index (χ0) is 19.1. The number of hydrogen-bond donors (Lipinski definition) is 0. The fraction of sp³-hybridized carbons (Fsp3) is 0.150. The number of nitrogens with zero attached hydrogens (tertiary/aromatic N) is 4. The van der Waals surface area contributed by atoms with Crippen LogP contribution >= 0.6 is 0 Å². The SMILES string of the molecule is [C-]#[N+]C1CN(c2cc(F)cc(F)c2)C(=O)N1c1cncc2ccc(C)cc12. The zero-order valence-corrected chi connectivity index (χ0v) is 14.4. The normalized spacial score (nSPS) is 16.8. The van der Waals surface area contributed by atoms with Gasteiger partial charge in [-0.1, -0.05) is 17.7 Å². The number of carbonyl (C=O) groups excluding carboxylic acids is 1. The van der Waals surface area contributed by atoms with E-state index in [1.54, 1.807) is 6.20 Å². The molecule has 5 nitrogen and oxygen atoms in total. The van der Waals surface area contributed by atoms with E-state index in [9.17, 15) is 13.6 Å². The highest BCUT2D eigenvalue weighted by Crippen LogP contribution is 2.34. The summed E-state index contributed by atoms with van der Waals surface area (Å²) < 4.78 is 27.2. The first-order chi connectivity index (χ1) is 13.0. The van der Waals surface area contributed by atoms with Crippen molar-refractivity contribution in [3.8, 4) is 0 Å². The van der Waals surface area contributed by atoms with Gasteiger partial charge in [0.2, 0.25) is 0 Å². The van der Waals surface area contributed by atoms with E-state index in [0.29, 0.717) is 5.69 Å². The largest absolute Gasteiger partial charge is 0.335 e. The van der Waals surface area contributed by atoms with Gasteiger partial charge in [0.25, 0.3) is 0 Å². The van der Waals surface area contributed by atoms with Gasteiger partial charge in [0.1, 0.15) is 18.2 Å². The number of anilines is 2. The number of carbonyl (C=O) groups is 1. The van der Waals surface area contributed by atoms with E-state index >= 15 is 0 Å². The minimum absolute atomic E-state index is 0.00737. The van der Waals surface area contributed by atoms with Crippen LogP contribution in [0.4, 0.5) is 25.0 Å². The highest BCUT2D eigenvalue weighted by molar-refractivity contribution is 6.11. The summed E-state index contributed by atoms with van der Waals surface area (Å²) >= 11 is 0. The third-order valence-corrected chi connectivity index (χ3v) is 4.54. The fourth-order valence-electron chi connectivity index (χ4n) is 3.31. The lowest BCUT2D eigenvalue weighted by molar-refractivity contribution is 0.255. The number of benzene rings is 2. The molecule has 1 aliphatic heterocycles. The number of aromatic nitrogens is 1. The number of rotatable bonds is 2. The molecule has 0 spiro atoms. The van der Waals surface area contributed by atoms with Crippen LogP contribution in [0.25, 0.3) is 15.6 Å². The average Bonchev–Trinajstić information content (AvgIpc) is 2.96. The lowest BCUT2D eigenvalue weighted by Crippen LogP contribution is -2.34. The van der Waals surface area contributed by atoms with Gasteiger partial charge in [-0.05, 0) is 25.1 Å². The maximum atomic E-state index is 13.6. The molecule has 1 fully saturated rings. The van der Waals surface area contributed by atoms with Gasteiger partial charge in [-0.15, -0.1) is 0 Å². The predicted octanol–water partition coefficient (Wildman–Crippen LogP) is 4.51. The molecule has 134 valence electrons. The Labute approximate surface area is 154 Å². The van der Waals surface area contributed by atoms with Crippen LogP contribution in [0.3, 0.4) is 0 Å². The fourth-order valence-corrected chi connectivity index (χ4v) is 3.31. The second-order valence-electron chi connectivity index (χ2n) is 6.38. The maximum absolute atomic E-state index is 13.6. The van der Waals surface area contributed by atoms with E-state index in [2.05, 4.69) is 9.83 Å². The van der Waals surface area contributed by atoms with E-state index in [0.717, 1.165) is 34.5 Å². The molecule has 0 bridgehead atoms. The summed E-state index contributed by atoms with van der Waals surface area (Å²) in [6.45, 7) is 9.43. The minimum atomic E-state index is -0.822. The van der Waals surface area contributed by atoms with Gasteiger partial charge < -0.3 is 0 Å². The molecule has 2 aromatic carbocycles. The molecule has 3 aromatic rings. The smallest absolute Gasteiger partial charge is 0.287 e. The summed E-state index contributed by atoms with van der Waals surface area (Å²) in [5, 5.41) is 1.63. The van der Waals surface area contributed by atoms with Crippen LogP contribution in [0.1, 0.15) is 5.56 Å². The first-order valence-electron chi connectivity index (χ1n) is 8.25. The summed E-state index contributed by atoms with van der Waals surface area (Å²) in [7, 11) is 0. The predicted molar refractivity (Wildman–Crippen MR) is 98.4 cm³/mol. The number of fused-ring (bicyclic) bond motifs is 1. The van der Waals surface area contributed by atoms with Crippen molar-refractivity contribution in [3.63, 3.8) is 0 Å². The summed E-state index contributed by atoms with van der Waals surface area (Å²) in [4.78, 5) is 23.3. The number of amides is 2. The van der Waals surface area contributed by atoms with Crippen molar-refractivity contribution in [2.75, 3.05) is 16.3 Å². The Hall–Kier alpha value is -3.53. The first-order valence-corrected chi connectivity index (χ1v) is 8.25. The quantitative estimate of drug-likeness (QED) is 0.628. The minimum Gasteiger partial charge on any atom is -0.287 e. The molecular weight excluding hydrogens is 350 g/mol. The zero-order valence-electron chi connectivity index (χ0n) is 14.4. The van der Waals surface area contributed by atoms with Crippen LogP contribution in [0.2, 0.25) is 0 Å². The van der Waals surface area contributed by atoms with Gasteiger partial charge in [-0.3, -0.25) is 14.7 Å². The lowest BCUT2D eigenvalue weighted by atomic mass is 10.1. The molecule has 0 radical (unpaired) electrons. The Morgan fingerprint density at radius 3 is 2.59 bits per heavy atom. The van der Waals surface area contributed by atoms with Crippen molar-refractivity contribution in [1.29, 1.82) is 0 Å². The third-order valence-electron chi connectivity index (χ3n) is 4.54. The van der Waals surface area contributed by atoms with E-state index < -0.39 is 23.8 Å². The molecule has 1 atom stereocenters. The van der Waals surface area contributed by atoms with Crippen molar-refractivity contribution < 1.29 is 13.6 Å². The summed E-state index contributed by atoms with van der Waals surface area (Å²) in [6, 6.07) is 8.14. The van der Waals surface area contributed by atoms with Gasteiger partial charge in [0.15, 0.2) is 0 Å². The molecule has 1 unspecified atom stereocenters. The molecule has 7 heteroatoms. The van der Waals surface area contributed by atoms with E-state index in [1.165, 1.54) is 16.0 Å². The highest BCUT2D eigenvalue weighted by atomic mass is 19.1. The average molecular weight is 364 g/mol. The Bertz CT molecular complexity index is 1090. The molecule has 2 amide bonds. The Morgan fingerprint density at radius 2 is 1.89 bits per heavy atom. The van der Waals surface area contributed by atoms with Crippen molar-refractivity contribution in [1.82, 2.24) is 4.98 Å². The summed E-state index contributed by atoms with van der Waals surface area (Å²) in [5.41, 5.74) is 1.59. The molecule has 27 heavy (non-hydrogen) atoms. The van der Waals surface area contributed by atoms with Gasteiger partial charge in [-0.25, -0.2) is 25.0 Å². The van der Waals surface area contributed by atoms with Crippen molar-refractivity contribution in [2.24, 2.45) is 0 Å². The Morgan fingerprint density at radius 1 is 1.15 bits per heavy atom. The number of urea groups is 1. The Balaban J connectivity index is 1.83.